The zero-order valence-corrected chi connectivity index (χ0v) is 23.3. The van der Waals surface area contributed by atoms with Gasteiger partial charge in [-0.15, -0.1) is 0 Å². The number of rotatable bonds is 9. The average Bonchev–Trinajstić information content (AvgIpc) is 3.65. The molecule has 2 aromatic carbocycles. The summed E-state index contributed by atoms with van der Waals surface area (Å²) in [5.41, 5.74) is 6.49. The quantitative estimate of drug-likeness (QED) is 0.312. The summed E-state index contributed by atoms with van der Waals surface area (Å²) < 4.78 is 15.6. The average molecular weight is 524 g/mol. The molecule has 1 aliphatic carbocycles. The van der Waals surface area contributed by atoms with Crippen molar-refractivity contribution in [3.63, 3.8) is 0 Å². The Bertz CT molecular complexity index is 1470. The van der Waals surface area contributed by atoms with Gasteiger partial charge in [-0.2, -0.15) is 5.10 Å². The van der Waals surface area contributed by atoms with E-state index in [0.717, 1.165) is 52.2 Å². The maximum atomic E-state index is 13.8. The molecule has 0 aliphatic heterocycles. The van der Waals surface area contributed by atoms with Gasteiger partial charge in [-0.1, -0.05) is 42.5 Å². The molecule has 1 saturated carbocycles. The van der Waals surface area contributed by atoms with Crippen LogP contribution in [0.3, 0.4) is 0 Å². The third kappa shape index (κ3) is 6.06. The SMILES string of the molecule is Cc1nn2c(-c3ccc(F)cc3)c(/C=C/[C@@H](O)C[C@@H](O)CC(=O)[O-])c(C3CC3)nc2c1-c1ccccc1.[Na+]. The predicted octanol–water partition coefficient (Wildman–Crippen LogP) is 0.657. The van der Waals surface area contributed by atoms with Gasteiger partial charge in [-0.25, -0.2) is 13.9 Å². The van der Waals surface area contributed by atoms with Crippen LogP contribution in [0.4, 0.5) is 4.39 Å². The first kappa shape index (κ1) is 28.1. The molecule has 1 aliphatic rings. The van der Waals surface area contributed by atoms with E-state index in [2.05, 4.69) is 0 Å². The van der Waals surface area contributed by atoms with Crippen molar-refractivity contribution in [2.24, 2.45) is 0 Å². The van der Waals surface area contributed by atoms with Crippen LogP contribution in [0.5, 0.6) is 0 Å². The summed E-state index contributed by atoms with van der Waals surface area (Å²) in [5, 5.41) is 36.0. The van der Waals surface area contributed by atoms with E-state index in [1.165, 1.54) is 18.2 Å². The standard InChI is InChI=1S/C29H28FN3O4.Na/c1-17-26(18-5-3-2-4-6-18)29-31-27(19-7-8-19)24(14-13-22(34)15-23(35)16-25(36)37)28(33(29)32-17)20-9-11-21(30)12-10-20;/h2-6,9-14,19,22-23,34-35H,7-8,15-16H2,1H3,(H,36,37);/q;+1/p-1/b14-13+;/t22-,23-;/m1./s1. The van der Waals surface area contributed by atoms with E-state index in [0.29, 0.717) is 5.65 Å². The summed E-state index contributed by atoms with van der Waals surface area (Å²) in [7, 11) is 0. The Morgan fingerprint density at radius 3 is 2.45 bits per heavy atom. The summed E-state index contributed by atoms with van der Waals surface area (Å²) >= 11 is 0. The van der Waals surface area contributed by atoms with E-state index in [9.17, 15) is 24.5 Å². The van der Waals surface area contributed by atoms with Crippen LogP contribution < -0.4 is 34.7 Å². The van der Waals surface area contributed by atoms with Crippen LogP contribution in [0, 0.1) is 12.7 Å². The number of carboxylic acid groups (broad SMARTS) is 1. The van der Waals surface area contributed by atoms with E-state index in [-0.39, 0.29) is 47.7 Å². The Labute approximate surface area is 242 Å². The van der Waals surface area contributed by atoms with Gasteiger partial charge in [-0.05, 0) is 49.6 Å². The molecule has 4 aromatic rings. The molecule has 2 N–H and O–H groups in total. The number of fused-ring (bicyclic) bond motifs is 1. The number of hydrogen-bond acceptors (Lipinski definition) is 6. The zero-order valence-electron chi connectivity index (χ0n) is 21.3. The molecular weight excluding hydrogens is 496 g/mol. The number of carbonyl (C=O) groups excluding carboxylic acids is 1. The van der Waals surface area contributed by atoms with Crippen LogP contribution in [0.25, 0.3) is 34.1 Å². The second kappa shape index (κ2) is 11.9. The maximum Gasteiger partial charge on any atom is 1.00 e. The van der Waals surface area contributed by atoms with Crippen molar-refractivity contribution >= 4 is 17.7 Å². The molecule has 0 saturated heterocycles. The fourth-order valence-electron chi connectivity index (χ4n) is 4.68. The van der Waals surface area contributed by atoms with Gasteiger partial charge >= 0.3 is 29.6 Å². The molecule has 0 spiro atoms. The molecule has 7 nitrogen and oxygen atoms in total. The number of nitrogens with zero attached hydrogens (tertiary/aromatic N) is 3. The fourth-order valence-corrected chi connectivity index (χ4v) is 4.68. The predicted molar refractivity (Wildman–Crippen MR) is 136 cm³/mol. The van der Waals surface area contributed by atoms with Crippen LogP contribution in [-0.2, 0) is 4.79 Å². The summed E-state index contributed by atoms with van der Waals surface area (Å²) in [5.74, 6) is -1.49. The van der Waals surface area contributed by atoms with Crippen LogP contribution in [0.15, 0.2) is 60.7 Å². The van der Waals surface area contributed by atoms with E-state index in [1.807, 2.05) is 37.3 Å². The van der Waals surface area contributed by atoms with Gasteiger partial charge in [0, 0.05) is 41.4 Å². The zero-order chi connectivity index (χ0) is 26.1. The largest absolute Gasteiger partial charge is 1.00 e. The summed E-state index contributed by atoms with van der Waals surface area (Å²) in [6.45, 7) is 1.93. The van der Waals surface area contributed by atoms with Crippen molar-refractivity contribution < 1.29 is 54.1 Å². The second-order valence-electron chi connectivity index (χ2n) is 9.49. The monoisotopic (exact) mass is 523 g/mol. The molecule has 2 heterocycles. The molecule has 9 heteroatoms. The Balaban J connectivity index is 0.00000336. The Morgan fingerprint density at radius 2 is 1.82 bits per heavy atom. The number of aromatic nitrogens is 3. The number of aliphatic hydroxyl groups is 2. The van der Waals surface area contributed by atoms with E-state index < -0.39 is 24.6 Å². The van der Waals surface area contributed by atoms with Gasteiger partial charge in [-0.3, -0.25) is 0 Å². The van der Waals surface area contributed by atoms with Gasteiger partial charge in [0.25, 0.3) is 0 Å². The summed E-state index contributed by atoms with van der Waals surface area (Å²) in [6.07, 6.45) is 2.21. The van der Waals surface area contributed by atoms with E-state index >= 15 is 0 Å². The number of aliphatic hydroxyl groups excluding tert-OH is 2. The van der Waals surface area contributed by atoms with Crippen LogP contribution in [0.1, 0.15) is 48.6 Å². The van der Waals surface area contributed by atoms with Gasteiger partial charge in [0.2, 0.25) is 0 Å². The van der Waals surface area contributed by atoms with Crippen LogP contribution in [-0.4, -0.2) is 43.0 Å². The minimum atomic E-state index is -1.38. The molecule has 0 unspecified atom stereocenters. The van der Waals surface area contributed by atoms with Crippen molar-refractivity contribution in [1.29, 1.82) is 0 Å². The Hall–Kier alpha value is -2.88. The van der Waals surface area contributed by atoms with Gasteiger partial charge in [0.05, 0.1) is 29.3 Å². The fraction of sp³-hybridized carbons (Fsp3) is 0.276. The van der Waals surface area contributed by atoms with Crippen molar-refractivity contribution in [3.8, 4) is 22.4 Å². The van der Waals surface area contributed by atoms with E-state index in [1.54, 1.807) is 22.7 Å². The van der Waals surface area contributed by atoms with Gasteiger partial charge < -0.3 is 20.1 Å². The van der Waals surface area contributed by atoms with Gasteiger partial charge in [0.15, 0.2) is 5.65 Å². The number of carbonyl (C=O) groups is 1. The number of aliphatic carboxylic acids is 1. The third-order valence-corrected chi connectivity index (χ3v) is 6.55. The molecule has 1 fully saturated rings. The maximum absolute atomic E-state index is 13.8. The normalized spacial score (nSPS) is 14.9. The van der Waals surface area contributed by atoms with Crippen molar-refractivity contribution in [1.82, 2.24) is 14.6 Å². The molecular formula is C29H27FN3NaO4. The topological polar surface area (TPSA) is 111 Å². The molecule has 5 rings (SSSR count). The van der Waals surface area contributed by atoms with Crippen molar-refractivity contribution in [2.75, 3.05) is 0 Å². The molecule has 2 aromatic heterocycles. The molecule has 190 valence electrons. The minimum absolute atomic E-state index is 0. The summed E-state index contributed by atoms with van der Waals surface area (Å²) in [6, 6.07) is 16.1. The van der Waals surface area contributed by atoms with Crippen LogP contribution >= 0.6 is 0 Å². The molecule has 0 radical (unpaired) electrons. The molecule has 2 atom stereocenters. The number of benzene rings is 2. The molecule has 0 bridgehead atoms. The Kier molecular flexibility index (Phi) is 8.80. The summed E-state index contributed by atoms with van der Waals surface area (Å²) in [4.78, 5) is 15.8. The van der Waals surface area contributed by atoms with Crippen molar-refractivity contribution in [3.05, 3.63) is 83.4 Å². The molecule has 38 heavy (non-hydrogen) atoms. The number of hydrogen-bond donors (Lipinski definition) is 2. The van der Waals surface area contributed by atoms with Gasteiger partial charge in [0.1, 0.15) is 5.82 Å². The number of carboxylic acids is 1. The Morgan fingerprint density at radius 1 is 1.13 bits per heavy atom. The van der Waals surface area contributed by atoms with E-state index in [4.69, 9.17) is 10.1 Å². The number of aryl methyl sites for hydroxylation is 1. The van der Waals surface area contributed by atoms with Crippen molar-refractivity contribution in [2.45, 2.75) is 50.7 Å². The second-order valence-corrected chi connectivity index (χ2v) is 9.49. The number of halogens is 1. The first-order valence-electron chi connectivity index (χ1n) is 12.3. The third-order valence-electron chi connectivity index (χ3n) is 6.55. The smallest absolute Gasteiger partial charge is 0.550 e. The van der Waals surface area contributed by atoms with Crippen LogP contribution in [0.2, 0.25) is 0 Å². The minimum Gasteiger partial charge on any atom is -0.550 e. The molecule has 0 amide bonds. The first-order valence-corrected chi connectivity index (χ1v) is 12.3. The first-order chi connectivity index (χ1) is 17.8.